The molecule has 86 valence electrons. The summed E-state index contributed by atoms with van der Waals surface area (Å²) in [5.74, 6) is 0.606. The van der Waals surface area contributed by atoms with Crippen molar-refractivity contribution in [3.05, 3.63) is 58.7 Å². The molecule has 0 amide bonds. The van der Waals surface area contributed by atoms with Crippen molar-refractivity contribution in [1.29, 1.82) is 0 Å². The SMILES string of the molecule is C/C=C\C(=C/C)c1nc2ccccc2c(=O)[nH]1. The van der Waals surface area contributed by atoms with E-state index in [0.29, 0.717) is 11.2 Å². The van der Waals surface area contributed by atoms with Gasteiger partial charge >= 0.3 is 0 Å². The fourth-order valence-electron chi connectivity index (χ4n) is 1.71. The molecule has 0 aliphatic rings. The maximum Gasteiger partial charge on any atom is 0.259 e. The summed E-state index contributed by atoms with van der Waals surface area (Å²) in [4.78, 5) is 19.1. The molecule has 2 rings (SSSR count). The van der Waals surface area contributed by atoms with Crippen molar-refractivity contribution in [3.8, 4) is 0 Å². The number of benzene rings is 1. The highest BCUT2D eigenvalue weighted by atomic mass is 16.1. The molecule has 1 aromatic heterocycles. The predicted octanol–water partition coefficient (Wildman–Crippen LogP) is 2.90. The Labute approximate surface area is 99.5 Å². The third-order valence-corrected chi connectivity index (χ3v) is 2.54. The van der Waals surface area contributed by atoms with Gasteiger partial charge in [-0.25, -0.2) is 4.98 Å². The van der Waals surface area contributed by atoms with Crippen LogP contribution in [0.3, 0.4) is 0 Å². The number of nitrogens with zero attached hydrogens (tertiary/aromatic N) is 1. The van der Waals surface area contributed by atoms with Crippen molar-refractivity contribution >= 4 is 16.5 Å². The highest BCUT2D eigenvalue weighted by Crippen LogP contribution is 2.13. The Bertz CT molecular complexity index is 651. The molecule has 2 aromatic rings. The monoisotopic (exact) mass is 226 g/mol. The van der Waals surface area contributed by atoms with E-state index in [0.717, 1.165) is 11.1 Å². The number of H-pyrrole nitrogens is 1. The van der Waals surface area contributed by atoms with Crippen molar-refractivity contribution in [2.24, 2.45) is 0 Å². The third-order valence-electron chi connectivity index (χ3n) is 2.54. The molecule has 0 saturated carbocycles. The minimum Gasteiger partial charge on any atom is -0.306 e. The van der Waals surface area contributed by atoms with E-state index in [2.05, 4.69) is 9.97 Å². The largest absolute Gasteiger partial charge is 0.306 e. The first kappa shape index (κ1) is 11.3. The van der Waals surface area contributed by atoms with Crippen molar-refractivity contribution < 1.29 is 0 Å². The van der Waals surface area contributed by atoms with Gasteiger partial charge in [-0.2, -0.15) is 0 Å². The van der Waals surface area contributed by atoms with Gasteiger partial charge < -0.3 is 4.98 Å². The molecule has 0 bridgehead atoms. The van der Waals surface area contributed by atoms with Gasteiger partial charge in [0, 0.05) is 5.57 Å². The van der Waals surface area contributed by atoms with Gasteiger partial charge in [-0.1, -0.05) is 30.4 Å². The van der Waals surface area contributed by atoms with Crippen LogP contribution >= 0.6 is 0 Å². The summed E-state index contributed by atoms with van der Waals surface area (Å²) in [6.45, 7) is 3.85. The van der Waals surface area contributed by atoms with Gasteiger partial charge in [0.25, 0.3) is 5.56 Å². The van der Waals surface area contributed by atoms with Gasteiger partial charge in [0.1, 0.15) is 5.82 Å². The molecule has 0 spiro atoms. The first-order valence-corrected chi connectivity index (χ1v) is 5.54. The predicted molar refractivity (Wildman–Crippen MR) is 70.8 cm³/mol. The molecule has 1 aromatic carbocycles. The van der Waals surface area contributed by atoms with Crippen LogP contribution in [0.1, 0.15) is 19.7 Å². The first-order valence-electron chi connectivity index (χ1n) is 5.54. The number of nitrogens with one attached hydrogen (secondary N) is 1. The summed E-state index contributed by atoms with van der Waals surface area (Å²) in [6, 6.07) is 7.33. The molecule has 1 heterocycles. The van der Waals surface area contributed by atoms with Crippen LogP contribution in [0.5, 0.6) is 0 Å². The van der Waals surface area contributed by atoms with Crippen molar-refractivity contribution in [1.82, 2.24) is 9.97 Å². The van der Waals surface area contributed by atoms with Crippen molar-refractivity contribution in [2.75, 3.05) is 0 Å². The summed E-state index contributed by atoms with van der Waals surface area (Å²) in [5, 5.41) is 0.618. The second-order valence-corrected chi connectivity index (χ2v) is 3.68. The highest BCUT2D eigenvalue weighted by Gasteiger charge is 2.04. The first-order chi connectivity index (χ1) is 8.26. The number of hydrogen-bond donors (Lipinski definition) is 1. The minimum atomic E-state index is -0.102. The van der Waals surface area contributed by atoms with Gasteiger partial charge in [-0.05, 0) is 26.0 Å². The Morgan fingerprint density at radius 1 is 1.29 bits per heavy atom. The lowest BCUT2D eigenvalue weighted by Crippen LogP contribution is -2.10. The minimum absolute atomic E-state index is 0.102. The average Bonchev–Trinajstić information content (AvgIpc) is 2.36. The number of aromatic nitrogens is 2. The second-order valence-electron chi connectivity index (χ2n) is 3.68. The topological polar surface area (TPSA) is 45.8 Å². The van der Waals surface area contributed by atoms with Gasteiger partial charge in [0.2, 0.25) is 0 Å². The molecule has 0 aliphatic carbocycles. The van der Waals surface area contributed by atoms with Gasteiger partial charge in [0.05, 0.1) is 10.9 Å². The van der Waals surface area contributed by atoms with Gasteiger partial charge in [0.15, 0.2) is 0 Å². The van der Waals surface area contributed by atoms with Crippen LogP contribution in [0.15, 0.2) is 47.3 Å². The summed E-state index contributed by atoms with van der Waals surface area (Å²) in [7, 11) is 0. The van der Waals surface area contributed by atoms with Gasteiger partial charge in [-0.3, -0.25) is 4.79 Å². The van der Waals surface area contributed by atoms with Crippen LogP contribution in [0.2, 0.25) is 0 Å². The van der Waals surface area contributed by atoms with Crippen LogP contribution in [0.4, 0.5) is 0 Å². The number of allylic oxidation sites excluding steroid dienone is 4. The van der Waals surface area contributed by atoms with Crippen LogP contribution in [-0.2, 0) is 0 Å². The maximum absolute atomic E-state index is 11.9. The molecule has 0 unspecified atom stereocenters. The van der Waals surface area contributed by atoms with Crippen LogP contribution in [-0.4, -0.2) is 9.97 Å². The molecule has 3 nitrogen and oxygen atoms in total. The molecular weight excluding hydrogens is 212 g/mol. The van der Waals surface area contributed by atoms with E-state index in [1.54, 1.807) is 6.07 Å². The Kier molecular flexibility index (Phi) is 3.19. The van der Waals surface area contributed by atoms with E-state index < -0.39 is 0 Å². The third kappa shape index (κ3) is 2.18. The fraction of sp³-hybridized carbons (Fsp3) is 0.143. The average molecular weight is 226 g/mol. The zero-order valence-corrected chi connectivity index (χ0v) is 9.90. The Morgan fingerprint density at radius 2 is 2.06 bits per heavy atom. The summed E-state index contributed by atoms with van der Waals surface area (Å²) < 4.78 is 0. The summed E-state index contributed by atoms with van der Waals surface area (Å²) >= 11 is 0. The van der Waals surface area contributed by atoms with E-state index >= 15 is 0 Å². The van der Waals surface area contributed by atoms with Crippen molar-refractivity contribution in [2.45, 2.75) is 13.8 Å². The van der Waals surface area contributed by atoms with E-state index in [9.17, 15) is 4.79 Å². The van der Waals surface area contributed by atoms with E-state index in [1.165, 1.54) is 0 Å². The summed E-state index contributed by atoms with van der Waals surface area (Å²) in [5.41, 5.74) is 1.53. The molecule has 3 heteroatoms. The summed E-state index contributed by atoms with van der Waals surface area (Å²) in [6.07, 6.45) is 5.77. The second kappa shape index (κ2) is 4.78. The van der Waals surface area contributed by atoms with Gasteiger partial charge in [-0.15, -0.1) is 0 Å². The molecule has 17 heavy (non-hydrogen) atoms. The zero-order chi connectivity index (χ0) is 12.3. The zero-order valence-electron chi connectivity index (χ0n) is 9.90. The number of fused-ring (bicyclic) bond motifs is 1. The fourth-order valence-corrected chi connectivity index (χ4v) is 1.71. The molecule has 0 atom stereocenters. The lowest BCUT2D eigenvalue weighted by molar-refractivity contribution is 1.12. The molecule has 0 saturated heterocycles. The molecule has 0 fully saturated rings. The van der Waals surface area contributed by atoms with E-state index in [4.69, 9.17) is 0 Å². The normalized spacial score (nSPS) is 12.5. The maximum atomic E-state index is 11.9. The molecular formula is C14H14N2O. The Hall–Kier alpha value is -2.16. The Morgan fingerprint density at radius 3 is 2.76 bits per heavy atom. The van der Waals surface area contributed by atoms with Crippen molar-refractivity contribution in [3.63, 3.8) is 0 Å². The lowest BCUT2D eigenvalue weighted by Gasteiger charge is -2.03. The quantitative estimate of drug-likeness (QED) is 0.800. The van der Waals surface area contributed by atoms with Crippen LogP contribution < -0.4 is 5.56 Å². The number of para-hydroxylation sites is 1. The van der Waals surface area contributed by atoms with Crippen LogP contribution in [0, 0.1) is 0 Å². The molecule has 0 aliphatic heterocycles. The molecule has 0 radical (unpaired) electrons. The lowest BCUT2D eigenvalue weighted by atomic mass is 10.2. The Balaban J connectivity index is 2.69. The standard InChI is InChI=1S/C14H14N2O/c1-3-7-10(4-2)13-15-12-9-6-5-8-11(12)14(17)16-13/h3-9H,1-2H3,(H,15,16,17)/b7-3-,10-4+. The molecule has 1 N–H and O–H groups in total. The van der Waals surface area contributed by atoms with Crippen LogP contribution in [0.25, 0.3) is 16.5 Å². The smallest absolute Gasteiger partial charge is 0.259 e. The van der Waals surface area contributed by atoms with E-state index in [1.807, 2.05) is 50.3 Å². The number of aromatic amines is 1. The number of hydrogen-bond acceptors (Lipinski definition) is 2. The van der Waals surface area contributed by atoms with E-state index in [-0.39, 0.29) is 5.56 Å². The highest BCUT2D eigenvalue weighted by molar-refractivity contribution is 5.80. The number of rotatable bonds is 2.